The molecule has 0 fully saturated rings. The van der Waals surface area contributed by atoms with E-state index in [1.165, 1.54) is 193 Å². The first-order chi connectivity index (χ1) is 19.8. The molecule has 0 heterocycles. The molecule has 0 unspecified atom stereocenters. The summed E-state index contributed by atoms with van der Waals surface area (Å²) in [6.45, 7) is 5.73. The Balaban J connectivity index is 0. The van der Waals surface area contributed by atoms with Crippen molar-refractivity contribution in [1.82, 2.24) is 0 Å². The summed E-state index contributed by atoms with van der Waals surface area (Å²) < 4.78 is 22.6. The molecule has 0 saturated heterocycles. The fraction of sp³-hybridized carbons (Fsp3) is 1.00. The second-order valence-electron chi connectivity index (χ2n) is 12.5. The Kier molecular flexibility index (Phi) is 43.1. The van der Waals surface area contributed by atoms with Crippen molar-refractivity contribution in [1.29, 1.82) is 0 Å². The van der Waals surface area contributed by atoms with Crippen molar-refractivity contribution in [3.63, 3.8) is 0 Å². The van der Waals surface area contributed by atoms with E-state index in [4.69, 9.17) is 9.05 Å². The molecular formula is C36H74NiO3P+. The molecule has 5 heteroatoms. The van der Waals surface area contributed by atoms with Crippen LogP contribution in [0.3, 0.4) is 0 Å². The van der Waals surface area contributed by atoms with Crippen molar-refractivity contribution >= 4 is 8.25 Å². The minimum atomic E-state index is -1.92. The van der Waals surface area contributed by atoms with Gasteiger partial charge in [0.1, 0.15) is 13.2 Å². The molecule has 3 nitrogen and oxygen atoms in total. The molecule has 0 N–H and O–H groups in total. The van der Waals surface area contributed by atoms with E-state index in [2.05, 4.69) is 13.8 Å². The molecule has 0 saturated carbocycles. The maximum Gasteiger partial charge on any atom is 0.697 e. The smallest absolute Gasteiger partial charge is 0.119 e. The van der Waals surface area contributed by atoms with E-state index in [1.807, 2.05) is 0 Å². The summed E-state index contributed by atoms with van der Waals surface area (Å²) in [5, 5.41) is 0. The summed E-state index contributed by atoms with van der Waals surface area (Å²) in [6.07, 6.45) is 43.6. The van der Waals surface area contributed by atoms with Crippen molar-refractivity contribution in [2.24, 2.45) is 0 Å². The molecule has 0 aromatic rings. The third-order valence-corrected chi connectivity index (χ3v) is 9.18. The first-order valence-electron chi connectivity index (χ1n) is 18.5. The molecule has 0 aromatic heterocycles. The van der Waals surface area contributed by atoms with Gasteiger partial charge in [0.2, 0.25) is 0 Å². The molecule has 0 aliphatic heterocycles. The minimum Gasteiger partial charge on any atom is -0.119 e. The van der Waals surface area contributed by atoms with E-state index in [0.29, 0.717) is 13.2 Å². The SMILES string of the molecule is CCCCCCCCCCCCCCCCCCO[P+](=O)OCCCCCCCCCCCCCCCCCC.[Ni]. The third-order valence-electron chi connectivity index (χ3n) is 8.39. The number of unbranched alkanes of at least 4 members (excludes halogenated alkanes) is 30. The van der Waals surface area contributed by atoms with Crippen molar-refractivity contribution in [2.45, 2.75) is 219 Å². The maximum absolute atomic E-state index is 11.9. The largest absolute Gasteiger partial charge is 0.697 e. The van der Waals surface area contributed by atoms with Crippen LogP contribution in [0.4, 0.5) is 0 Å². The predicted molar refractivity (Wildman–Crippen MR) is 179 cm³/mol. The van der Waals surface area contributed by atoms with Gasteiger partial charge in [-0.05, 0) is 12.8 Å². The average Bonchev–Trinajstić information content (AvgIpc) is 2.96. The van der Waals surface area contributed by atoms with Crippen LogP contribution in [0.2, 0.25) is 0 Å². The summed E-state index contributed by atoms with van der Waals surface area (Å²) in [5.74, 6) is 0. The van der Waals surface area contributed by atoms with Gasteiger partial charge in [0.05, 0.1) is 0 Å². The van der Waals surface area contributed by atoms with E-state index in [0.717, 1.165) is 12.8 Å². The van der Waals surface area contributed by atoms with Crippen LogP contribution in [0.25, 0.3) is 0 Å². The van der Waals surface area contributed by atoms with Gasteiger partial charge < -0.3 is 0 Å². The third kappa shape index (κ3) is 40.5. The van der Waals surface area contributed by atoms with Crippen LogP contribution in [-0.2, 0) is 30.1 Å². The maximum atomic E-state index is 11.9. The quantitative estimate of drug-likeness (QED) is 0.0387. The van der Waals surface area contributed by atoms with Crippen molar-refractivity contribution in [3.8, 4) is 0 Å². The summed E-state index contributed by atoms with van der Waals surface area (Å²) in [5.41, 5.74) is 0. The van der Waals surface area contributed by atoms with Gasteiger partial charge in [-0.2, -0.15) is 0 Å². The van der Waals surface area contributed by atoms with Gasteiger partial charge in [-0.25, -0.2) is 0 Å². The molecule has 0 atom stereocenters. The van der Waals surface area contributed by atoms with Crippen LogP contribution >= 0.6 is 8.25 Å². The van der Waals surface area contributed by atoms with Crippen LogP contribution in [0.1, 0.15) is 219 Å². The molecule has 250 valence electrons. The van der Waals surface area contributed by atoms with Crippen molar-refractivity contribution in [2.75, 3.05) is 13.2 Å². The van der Waals surface area contributed by atoms with Gasteiger partial charge in [0.15, 0.2) is 0 Å². The number of hydrogen-bond acceptors (Lipinski definition) is 3. The monoisotopic (exact) mass is 643 g/mol. The normalized spacial score (nSPS) is 11.2. The zero-order valence-corrected chi connectivity index (χ0v) is 29.9. The molecule has 0 rings (SSSR count). The Morgan fingerprint density at radius 1 is 0.317 bits per heavy atom. The molecule has 41 heavy (non-hydrogen) atoms. The molecule has 0 aliphatic carbocycles. The van der Waals surface area contributed by atoms with Crippen molar-refractivity contribution in [3.05, 3.63) is 0 Å². The van der Waals surface area contributed by atoms with Crippen molar-refractivity contribution < 1.29 is 30.1 Å². The van der Waals surface area contributed by atoms with Gasteiger partial charge >= 0.3 is 8.25 Å². The first-order valence-corrected chi connectivity index (χ1v) is 19.6. The fourth-order valence-corrected chi connectivity index (χ4v) is 6.25. The zero-order valence-electron chi connectivity index (χ0n) is 28.0. The molecule has 0 radical (unpaired) electrons. The molecule has 0 bridgehead atoms. The molecule has 0 spiro atoms. The second-order valence-corrected chi connectivity index (χ2v) is 13.5. The van der Waals surface area contributed by atoms with Crippen LogP contribution in [0, 0.1) is 0 Å². The Morgan fingerprint density at radius 2 is 0.488 bits per heavy atom. The van der Waals surface area contributed by atoms with Gasteiger partial charge in [-0.1, -0.05) is 206 Å². The summed E-state index contributed by atoms with van der Waals surface area (Å²) in [7, 11) is -1.92. The standard InChI is InChI=1S/C36H74O3P.Ni/c1-3-5-7-9-11-13-15-17-19-21-23-25-27-29-31-33-35-38-40(37)39-36-34-32-30-28-26-24-22-20-18-16-14-12-10-8-6-4-2;/h3-36H2,1-2H3;/q+1;. The van der Waals surface area contributed by atoms with Crippen LogP contribution < -0.4 is 0 Å². The number of rotatable bonds is 36. The van der Waals surface area contributed by atoms with Gasteiger partial charge in [-0.15, -0.1) is 9.05 Å². The Morgan fingerprint density at radius 3 is 0.683 bits per heavy atom. The Hall–Kier alpha value is 0.514. The van der Waals surface area contributed by atoms with Crippen LogP contribution in [0.5, 0.6) is 0 Å². The van der Waals surface area contributed by atoms with E-state index in [9.17, 15) is 4.57 Å². The van der Waals surface area contributed by atoms with E-state index < -0.39 is 8.25 Å². The average molecular weight is 645 g/mol. The summed E-state index contributed by atoms with van der Waals surface area (Å²) in [4.78, 5) is 0. The number of hydrogen-bond donors (Lipinski definition) is 0. The molecule has 0 amide bonds. The fourth-order valence-electron chi connectivity index (χ4n) is 5.62. The Labute approximate surface area is 270 Å². The van der Waals surface area contributed by atoms with Crippen LogP contribution in [-0.4, -0.2) is 13.2 Å². The summed E-state index contributed by atoms with van der Waals surface area (Å²) in [6, 6.07) is 0. The Bertz CT molecular complexity index is 438. The molecule has 0 aliphatic rings. The molecule has 0 aromatic carbocycles. The summed E-state index contributed by atoms with van der Waals surface area (Å²) >= 11 is 0. The minimum absolute atomic E-state index is 0. The van der Waals surface area contributed by atoms with E-state index >= 15 is 0 Å². The van der Waals surface area contributed by atoms with Crippen LogP contribution in [0.15, 0.2) is 0 Å². The first kappa shape index (κ1) is 43.6. The zero-order chi connectivity index (χ0) is 29.0. The predicted octanol–water partition coefficient (Wildman–Crippen LogP) is 14.2. The second kappa shape index (κ2) is 40.5. The van der Waals surface area contributed by atoms with E-state index in [1.54, 1.807) is 0 Å². The topological polar surface area (TPSA) is 35.5 Å². The van der Waals surface area contributed by atoms with Gasteiger partial charge in [0, 0.05) is 21.1 Å². The van der Waals surface area contributed by atoms with Gasteiger partial charge in [-0.3, -0.25) is 0 Å². The molecular weight excluding hydrogens is 570 g/mol. The van der Waals surface area contributed by atoms with Gasteiger partial charge in [0.25, 0.3) is 0 Å². The van der Waals surface area contributed by atoms with E-state index in [-0.39, 0.29) is 16.5 Å².